The van der Waals surface area contributed by atoms with E-state index in [-0.39, 0.29) is 0 Å². The Labute approximate surface area is 190 Å². The minimum absolute atomic E-state index is 0.452. The minimum atomic E-state index is 0.452. The van der Waals surface area contributed by atoms with E-state index in [0.29, 0.717) is 5.92 Å². The van der Waals surface area contributed by atoms with Gasteiger partial charge in [-0.25, -0.2) is 5.01 Å². The molecule has 0 atom stereocenters. The lowest BCUT2D eigenvalue weighted by molar-refractivity contribution is 0.0880. The summed E-state index contributed by atoms with van der Waals surface area (Å²) < 4.78 is 0. The van der Waals surface area contributed by atoms with Crippen LogP contribution in [0.3, 0.4) is 0 Å². The van der Waals surface area contributed by atoms with Crippen LogP contribution >= 0.6 is 0 Å². The Kier molecular flexibility index (Phi) is 11.1. The fourth-order valence-corrected chi connectivity index (χ4v) is 4.69. The average Bonchev–Trinajstić information content (AvgIpc) is 2.83. The quantitative estimate of drug-likeness (QED) is 0.373. The number of piperazine rings is 1. The first-order chi connectivity index (χ1) is 15.4. The maximum absolute atomic E-state index is 3.71. The first kappa shape index (κ1) is 24.0. The molecule has 1 aliphatic heterocycles. The van der Waals surface area contributed by atoms with Crippen LogP contribution in [0.5, 0.6) is 0 Å². The van der Waals surface area contributed by atoms with Crippen molar-refractivity contribution in [2.75, 3.05) is 39.3 Å². The van der Waals surface area contributed by atoms with Crippen LogP contribution in [0.1, 0.15) is 75.3 Å². The summed E-state index contributed by atoms with van der Waals surface area (Å²) in [5.41, 5.74) is 6.54. The largest absolute Gasteiger partial charge is 0.301 e. The topological polar surface area (TPSA) is 18.5 Å². The van der Waals surface area contributed by atoms with Crippen molar-refractivity contribution >= 4 is 0 Å². The van der Waals surface area contributed by atoms with Gasteiger partial charge in [-0.3, -0.25) is 5.43 Å². The van der Waals surface area contributed by atoms with Crippen LogP contribution in [0.2, 0.25) is 0 Å². The van der Waals surface area contributed by atoms with Crippen molar-refractivity contribution in [3.63, 3.8) is 0 Å². The highest BCUT2D eigenvalue weighted by atomic mass is 15.5. The molecule has 0 saturated carbocycles. The molecule has 1 N–H and O–H groups in total. The van der Waals surface area contributed by atoms with Crippen molar-refractivity contribution in [3.8, 4) is 0 Å². The molecule has 3 heteroatoms. The molecule has 0 spiro atoms. The van der Waals surface area contributed by atoms with E-state index in [0.717, 1.165) is 26.1 Å². The maximum atomic E-state index is 3.71. The van der Waals surface area contributed by atoms with Gasteiger partial charge in [0.2, 0.25) is 0 Å². The summed E-state index contributed by atoms with van der Waals surface area (Å²) in [6.07, 6.45) is 10.9. The van der Waals surface area contributed by atoms with Gasteiger partial charge in [0, 0.05) is 38.6 Å². The lowest BCUT2D eigenvalue weighted by atomic mass is 9.89. The Hall–Kier alpha value is -1.68. The fraction of sp³-hybridized carbons (Fsp3) is 0.571. The third kappa shape index (κ3) is 8.76. The van der Waals surface area contributed by atoms with Crippen molar-refractivity contribution < 1.29 is 0 Å². The van der Waals surface area contributed by atoms with Crippen molar-refractivity contribution in [2.45, 2.75) is 64.2 Å². The Morgan fingerprint density at radius 2 is 1.26 bits per heavy atom. The number of benzene rings is 2. The Morgan fingerprint density at radius 3 is 1.84 bits per heavy atom. The van der Waals surface area contributed by atoms with Crippen molar-refractivity contribution in [1.29, 1.82) is 0 Å². The fourth-order valence-electron chi connectivity index (χ4n) is 4.69. The molecule has 0 bridgehead atoms. The van der Waals surface area contributed by atoms with E-state index in [1.165, 1.54) is 75.7 Å². The number of hydrogen-bond donors (Lipinski definition) is 1. The molecule has 3 nitrogen and oxygen atoms in total. The molecular formula is C28H43N3. The SMILES string of the molecule is CCCCCCCCCN1CCN(NCCC(c2ccccc2)c2ccccc2)CC1. The maximum Gasteiger partial charge on any atom is 0.0259 e. The Balaban J connectivity index is 1.33. The van der Waals surface area contributed by atoms with E-state index < -0.39 is 0 Å². The first-order valence-electron chi connectivity index (χ1n) is 12.7. The third-order valence-electron chi connectivity index (χ3n) is 6.62. The van der Waals surface area contributed by atoms with Gasteiger partial charge in [0.25, 0.3) is 0 Å². The molecular weight excluding hydrogens is 378 g/mol. The smallest absolute Gasteiger partial charge is 0.0259 e. The van der Waals surface area contributed by atoms with Gasteiger partial charge in [-0.2, -0.15) is 0 Å². The van der Waals surface area contributed by atoms with Gasteiger partial charge in [-0.1, -0.05) is 106 Å². The molecule has 0 unspecified atom stereocenters. The molecule has 170 valence electrons. The monoisotopic (exact) mass is 421 g/mol. The molecule has 1 saturated heterocycles. The summed E-state index contributed by atoms with van der Waals surface area (Å²) in [6.45, 7) is 9.26. The first-order valence-corrected chi connectivity index (χ1v) is 12.7. The number of unbranched alkanes of at least 4 members (excludes halogenated alkanes) is 6. The second-order valence-electron chi connectivity index (χ2n) is 9.02. The number of nitrogens with zero attached hydrogens (tertiary/aromatic N) is 2. The highest BCUT2D eigenvalue weighted by Gasteiger charge is 2.18. The third-order valence-corrected chi connectivity index (χ3v) is 6.62. The van der Waals surface area contributed by atoms with E-state index in [9.17, 15) is 0 Å². The van der Waals surface area contributed by atoms with Gasteiger partial charge in [0.1, 0.15) is 0 Å². The van der Waals surface area contributed by atoms with Crippen LogP contribution < -0.4 is 5.43 Å². The number of rotatable bonds is 14. The zero-order valence-electron chi connectivity index (χ0n) is 19.6. The van der Waals surface area contributed by atoms with Gasteiger partial charge in [-0.15, -0.1) is 0 Å². The summed E-state index contributed by atoms with van der Waals surface area (Å²) in [4.78, 5) is 2.65. The van der Waals surface area contributed by atoms with Crippen LogP contribution in [0.15, 0.2) is 60.7 Å². The molecule has 2 aromatic carbocycles. The molecule has 1 fully saturated rings. The normalized spacial score (nSPS) is 15.5. The minimum Gasteiger partial charge on any atom is -0.301 e. The predicted octanol–water partition coefficient (Wildman–Crippen LogP) is 6.08. The van der Waals surface area contributed by atoms with Gasteiger partial charge in [-0.05, 0) is 30.5 Å². The molecule has 31 heavy (non-hydrogen) atoms. The second-order valence-corrected chi connectivity index (χ2v) is 9.02. The summed E-state index contributed by atoms with van der Waals surface area (Å²) in [7, 11) is 0. The zero-order chi connectivity index (χ0) is 21.6. The second kappa shape index (κ2) is 14.4. The molecule has 1 heterocycles. The molecule has 0 amide bonds. The van der Waals surface area contributed by atoms with E-state index in [1.807, 2.05) is 0 Å². The molecule has 2 aromatic rings. The van der Waals surface area contributed by atoms with Crippen LogP contribution in [0, 0.1) is 0 Å². The van der Waals surface area contributed by atoms with E-state index in [1.54, 1.807) is 0 Å². The molecule has 3 rings (SSSR count). The predicted molar refractivity (Wildman–Crippen MR) is 133 cm³/mol. The lowest BCUT2D eigenvalue weighted by Gasteiger charge is -2.35. The molecule has 1 aliphatic rings. The van der Waals surface area contributed by atoms with Crippen LogP contribution in [-0.4, -0.2) is 49.2 Å². The van der Waals surface area contributed by atoms with Crippen molar-refractivity contribution in [1.82, 2.24) is 15.3 Å². The van der Waals surface area contributed by atoms with Gasteiger partial charge in [0.15, 0.2) is 0 Å². The standard InChI is InChI=1S/C28H43N3/c1-2-3-4-5-6-7-14-21-30-22-24-31(25-23-30)29-20-19-28(26-15-10-8-11-16-26)27-17-12-9-13-18-27/h8-13,15-18,28-29H,2-7,14,19-25H2,1H3. The lowest BCUT2D eigenvalue weighted by Crippen LogP contribution is -2.52. The van der Waals surface area contributed by atoms with E-state index in [4.69, 9.17) is 0 Å². The van der Waals surface area contributed by atoms with Crippen LogP contribution in [0.25, 0.3) is 0 Å². The van der Waals surface area contributed by atoms with E-state index in [2.05, 4.69) is 82.9 Å². The number of hydrazine groups is 1. The van der Waals surface area contributed by atoms with Crippen molar-refractivity contribution in [3.05, 3.63) is 71.8 Å². The van der Waals surface area contributed by atoms with Crippen molar-refractivity contribution in [2.24, 2.45) is 0 Å². The molecule has 0 aromatic heterocycles. The van der Waals surface area contributed by atoms with Gasteiger partial charge < -0.3 is 4.90 Å². The van der Waals surface area contributed by atoms with Gasteiger partial charge in [0.05, 0.1) is 0 Å². The van der Waals surface area contributed by atoms with Crippen LogP contribution in [-0.2, 0) is 0 Å². The number of hydrogen-bond acceptors (Lipinski definition) is 3. The summed E-state index contributed by atoms with van der Waals surface area (Å²) in [5.74, 6) is 0.452. The highest BCUT2D eigenvalue weighted by Crippen LogP contribution is 2.27. The number of nitrogens with one attached hydrogen (secondary N) is 1. The Bertz CT molecular complexity index is 640. The summed E-state index contributed by atoms with van der Waals surface area (Å²) in [6, 6.07) is 21.9. The highest BCUT2D eigenvalue weighted by molar-refractivity contribution is 5.32. The van der Waals surface area contributed by atoms with E-state index >= 15 is 0 Å². The zero-order valence-corrected chi connectivity index (χ0v) is 19.6. The summed E-state index contributed by atoms with van der Waals surface area (Å²) in [5, 5.41) is 2.44. The molecule has 0 radical (unpaired) electrons. The average molecular weight is 422 g/mol. The van der Waals surface area contributed by atoms with Crippen LogP contribution in [0.4, 0.5) is 0 Å². The summed E-state index contributed by atoms with van der Waals surface area (Å²) >= 11 is 0. The Morgan fingerprint density at radius 1 is 0.710 bits per heavy atom. The van der Waals surface area contributed by atoms with Gasteiger partial charge >= 0.3 is 0 Å². The molecule has 0 aliphatic carbocycles.